The number of amides is 1. The van der Waals surface area contributed by atoms with Gasteiger partial charge in [-0.15, -0.1) is 11.3 Å². The van der Waals surface area contributed by atoms with Crippen molar-refractivity contribution in [1.82, 2.24) is 5.32 Å². The largest absolute Gasteiger partial charge is 0.480 e. The zero-order valence-corrected chi connectivity index (χ0v) is 13.5. The summed E-state index contributed by atoms with van der Waals surface area (Å²) in [5.74, 6) is -1.85. The number of nitrogens with one attached hydrogen (secondary N) is 1. The molecule has 1 aromatic heterocycles. The van der Waals surface area contributed by atoms with Gasteiger partial charge in [0.15, 0.2) is 0 Å². The first-order chi connectivity index (χ1) is 10.3. The molecule has 1 atom stereocenters. The lowest BCUT2D eigenvalue weighted by atomic mass is 9.96. The van der Waals surface area contributed by atoms with Gasteiger partial charge in [-0.3, -0.25) is 4.79 Å². The average Bonchev–Trinajstić information content (AvgIpc) is 2.76. The van der Waals surface area contributed by atoms with Crippen molar-refractivity contribution in [2.45, 2.75) is 39.2 Å². The first kappa shape index (κ1) is 16.4. The third kappa shape index (κ3) is 2.97. The Labute approximate surface area is 132 Å². The summed E-state index contributed by atoms with van der Waals surface area (Å²) < 4.78 is 14.1. The highest BCUT2D eigenvalue weighted by molar-refractivity contribution is 7.21. The Balaban J connectivity index is 2.37. The number of aryl methyl sites for hydroxylation is 1. The van der Waals surface area contributed by atoms with Gasteiger partial charge >= 0.3 is 5.97 Å². The number of carboxylic acid groups (broad SMARTS) is 1. The maximum absolute atomic E-state index is 13.3. The van der Waals surface area contributed by atoms with Crippen LogP contribution in [-0.4, -0.2) is 22.5 Å². The highest BCUT2D eigenvalue weighted by Crippen LogP contribution is 2.31. The summed E-state index contributed by atoms with van der Waals surface area (Å²) in [6.07, 6.45) is 0.979. The number of carboxylic acids is 1. The fraction of sp³-hybridized carbons (Fsp3) is 0.375. The summed E-state index contributed by atoms with van der Waals surface area (Å²) in [4.78, 5) is 24.3. The van der Waals surface area contributed by atoms with Crippen LogP contribution in [0.1, 0.15) is 41.9 Å². The van der Waals surface area contributed by atoms with E-state index in [4.69, 9.17) is 0 Å². The van der Waals surface area contributed by atoms with Gasteiger partial charge in [0.25, 0.3) is 5.91 Å². The van der Waals surface area contributed by atoms with Crippen LogP contribution >= 0.6 is 11.3 Å². The maximum atomic E-state index is 13.3. The Morgan fingerprint density at radius 2 is 2.09 bits per heavy atom. The van der Waals surface area contributed by atoms with Crippen LogP contribution in [0.5, 0.6) is 0 Å². The van der Waals surface area contributed by atoms with Crippen molar-refractivity contribution in [2.24, 2.45) is 0 Å². The van der Waals surface area contributed by atoms with E-state index in [1.807, 2.05) is 6.92 Å². The number of aliphatic carboxylic acids is 1. The number of hydrogen-bond donors (Lipinski definition) is 2. The van der Waals surface area contributed by atoms with Crippen LogP contribution in [0.2, 0.25) is 0 Å². The van der Waals surface area contributed by atoms with Crippen LogP contribution in [0.15, 0.2) is 18.2 Å². The summed E-state index contributed by atoms with van der Waals surface area (Å²) in [7, 11) is 0. The van der Waals surface area contributed by atoms with E-state index in [1.165, 1.54) is 30.4 Å². The molecule has 0 spiro atoms. The van der Waals surface area contributed by atoms with E-state index in [-0.39, 0.29) is 5.82 Å². The molecule has 2 rings (SSSR count). The molecule has 0 aliphatic carbocycles. The topological polar surface area (TPSA) is 66.4 Å². The smallest absolute Gasteiger partial charge is 0.329 e. The number of thiophene rings is 1. The zero-order chi connectivity index (χ0) is 16.5. The zero-order valence-electron chi connectivity index (χ0n) is 12.7. The van der Waals surface area contributed by atoms with Gasteiger partial charge in [0.2, 0.25) is 0 Å². The van der Waals surface area contributed by atoms with Crippen molar-refractivity contribution >= 4 is 33.3 Å². The number of halogens is 1. The Kier molecular flexibility index (Phi) is 4.51. The molecular formula is C16H18FNO3S. The van der Waals surface area contributed by atoms with Gasteiger partial charge < -0.3 is 10.4 Å². The summed E-state index contributed by atoms with van der Waals surface area (Å²) in [5.41, 5.74) is -0.638. The second-order valence-corrected chi connectivity index (χ2v) is 6.59. The molecule has 1 heterocycles. The van der Waals surface area contributed by atoms with Crippen molar-refractivity contribution in [2.75, 3.05) is 0 Å². The number of carbonyl (C=O) groups excluding carboxylic acids is 1. The molecule has 1 amide bonds. The Morgan fingerprint density at radius 1 is 1.41 bits per heavy atom. The monoisotopic (exact) mass is 323 g/mol. The first-order valence-electron chi connectivity index (χ1n) is 7.03. The minimum Gasteiger partial charge on any atom is -0.480 e. The van der Waals surface area contributed by atoms with Crippen molar-refractivity contribution in [3.05, 3.63) is 34.5 Å². The SMILES string of the molecule is CCCC(C)(NC(=O)c1sc2ccc(F)cc2c1C)C(=O)O. The van der Waals surface area contributed by atoms with Crippen LogP contribution in [0.4, 0.5) is 4.39 Å². The molecule has 2 aromatic rings. The molecule has 4 nitrogen and oxygen atoms in total. The van der Waals surface area contributed by atoms with Gasteiger partial charge in [-0.25, -0.2) is 9.18 Å². The van der Waals surface area contributed by atoms with Gasteiger partial charge in [0.05, 0.1) is 4.88 Å². The minimum absolute atomic E-state index is 0.340. The third-order valence-electron chi connectivity index (χ3n) is 3.72. The minimum atomic E-state index is -1.31. The molecule has 6 heteroatoms. The lowest BCUT2D eigenvalue weighted by Gasteiger charge is -2.25. The van der Waals surface area contributed by atoms with Crippen molar-refractivity contribution in [1.29, 1.82) is 0 Å². The van der Waals surface area contributed by atoms with Crippen LogP contribution in [0.25, 0.3) is 10.1 Å². The highest BCUT2D eigenvalue weighted by atomic mass is 32.1. The van der Waals surface area contributed by atoms with E-state index in [9.17, 15) is 19.1 Å². The summed E-state index contributed by atoms with van der Waals surface area (Å²) in [5, 5.41) is 12.6. The molecule has 0 fully saturated rings. The standard InChI is InChI=1S/C16H18FNO3S/c1-4-7-16(3,15(20)21)18-14(19)13-9(2)11-8-10(17)5-6-12(11)22-13/h5-6,8H,4,7H2,1-3H3,(H,18,19)(H,20,21). The number of hydrogen-bond acceptors (Lipinski definition) is 3. The van der Waals surface area contributed by atoms with Crippen LogP contribution < -0.4 is 5.32 Å². The van der Waals surface area contributed by atoms with E-state index in [1.54, 1.807) is 13.0 Å². The molecule has 0 saturated heterocycles. The number of carbonyl (C=O) groups is 2. The summed E-state index contributed by atoms with van der Waals surface area (Å²) >= 11 is 1.24. The van der Waals surface area contributed by atoms with E-state index in [2.05, 4.69) is 5.32 Å². The predicted molar refractivity (Wildman–Crippen MR) is 84.9 cm³/mol. The number of fused-ring (bicyclic) bond motifs is 1. The fourth-order valence-corrected chi connectivity index (χ4v) is 3.52. The van der Waals surface area contributed by atoms with Gasteiger partial charge in [-0.05, 0) is 49.4 Å². The van der Waals surface area contributed by atoms with Crippen molar-refractivity contribution in [3.8, 4) is 0 Å². The van der Waals surface area contributed by atoms with E-state index in [0.717, 1.165) is 4.70 Å². The van der Waals surface area contributed by atoms with Gasteiger partial charge in [0.1, 0.15) is 11.4 Å². The summed E-state index contributed by atoms with van der Waals surface area (Å²) in [6, 6.07) is 4.36. The van der Waals surface area contributed by atoms with E-state index >= 15 is 0 Å². The van der Waals surface area contributed by atoms with Crippen molar-refractivity contribution < 1.29 is 19.1 Å². The summed E-state index contributed by atoms with van der Waals surface area (Å²) in [6.45, 7) is 5.10. The molecule has 1 aromatic carbocycles. The molecule has 0 aliphatic heterocycles. The first-order valence-corrected chi connectivity index (χ1v) is 7.84. The molecule has 118 valence electrons. The van der Waals surface area contributed by atoms with Crippen LogP contribution in [0.3, 0.4) is 0 Å². The van der Waals surface area contributed by atoms with Crippen molar-refractivity contribution in [3.63, 3.8) is 0 Å². The molecule has 0 saturated carbocycles. The van der Waals surface area contributed by atoms with E-state index < -0.39 is 17.4 Å². The predicted octanol–water partition coefficient (Wildman–Crippen LogP) is 3.72. The maximum Gasteiger partial charge on any atom is 0.329 e. The van der Waals surface area contributed by atoms with Gasteiger partial charge in [0, 0.05) is 4.70 Å². The Bertz CT molecular complexity index is 740. The number of rotatable bonds is 5. The molecular weight excluding hydrogens is 305 g/mol. The molecule has 0 bridgehead atoms. The molecule has 1 unspecified atom stereocenters. The Hall–Kier alpha value is -1.95. The third-order valence-corrected chi connectivity index (χ3v) is 4.99. The second-order valence-electron chi connectivity index (χ2n) is 5.54. The molecule has 0 aliphatic rings. The number of benzene rings is 1. The highest BCUT2D eigenvalue weighted by Gasteiger charge is 2.34. The lowest BCUT2D eigenvalue weighted by molar-refractivity contribution is -0.144. The van der Waals surface area contributed by atoms with Gasteiger partial charge in [-0.2, -0.15) is 0 Å². The van der Waals surface area contributed by atoms with Crippen LogP contribution in [0, 0.1) is 12.7 Å². The quantitative estimate of drug-likeness (QED) is 0.881. The molecule has 22 heavy (non-hydrogen) atoms. The van der Waals surface area contributed by atoms with Crippen LogP contribution in [-0.2, 0) is 4.79 Å². The lowest BCUT2D eigenvalue weighted by Crippen LogP contribution is -2.52. The average molecular weight is 323 g/mol. The molecule has 2 N–H and O–H groups in total. The normalized spacial score (nSPS) is 13.8. The fourth-order valence-electron chi connectivity index (χ4n) is 2.44. The Morgan fingerprint density at radius 3 is 2.68 bits per heavy atom. The second kappa shape index (κ2) is 6.04. The van der Waals surface area contributed by atoms with E-state index in [0.29, 0.717) is 28.7 Å². The van der Waals surface area contributed by atoms with Gasteiger partial charge in [-0.1, -0.05) is 13.3 Å². The molecule has 0 radical (unpaired) electrons.